The van der Waals surface area contributed by atoms with E-state index in [9.17, 15) is 4.79 Å². The van der Waals surface area contributed by atoms with Crippen LogP contribution in [-0.2, 0) is 0 Å². The normalized spacial score (nSPS) is 17.5. The van der Waals surface area contributed by atoms with Gasteiger partial charge in [0, 0.05) is 30.3 Å². The van der Waals surface area contributed by atoms with Gasteiger partial charge in [-0.2, -0.15) is 0 Å². The number of nitrogens with zero attached hydrogens (tertiary/aromatic N) is 2. The van der Waals surface area contributed by atoms with Crippen molar-refractivity contribution in [3.63, 3.8) is 0 Å². The lowest BCUT2D eigenvalue weighted by Crippen LogP contribution is -2.31. The first-order valence-corrected chi connectivity index (χ1v) is 7.58. The molecule has 1 aliphatic heterocycles. The SMILES string of the molecule is Cc1ccc(C(=O)N2CCC(Oc3cccc(C)n3)C2)cc1. The number of carbonyl (C=O) groups is 1. The van der Waals surface area contributed by atoms with Gasteiger partial charge >= 0.3 is 0 Å². The molecule has 0 radical (unpaired) electrons. The first-order valence-electron chi connectivity index (χ1n) is 7.58. The monoisotopic (exact) mass is 296 g/mol. The van der Waals surface area contributed by atoms with E-state index < -0.39 is 0 Å². The van der Waals surface area contributed by atoms with E-state index in [1.165, 1.54) is 0 Å². The van der Waals surface area contributed by atoms with E-state index in [0.29, 0.717) is 12.4 Å². The second kappa shape index (κ2) is 6.18. The minimum atomic E-state index is 0.0173. The Morgan fingerprint density at radius 2 is 1.95 bits per heavy atom. The smallest absolute Gasteiger partial charge is 0.253 e. The minimum absolute atomic E-state index is 0.0173. The number of amides is 1. The Morgan fingerprint density at radius 1 is 1.18 bits per heavy atom. The Kier molecular flexibility index (Phi) is 4.09. The van der Waals surface area contributed by atoms with E-state index in [-0.39, 0.29) is 12.0 Å². The first-order chi connectivity index (χ1) is 10.6. The predicted octanol–water partition coefficient (Wildman–Crippen LogP) is 2.99. The number of carbonyl (C=O) groups excluding carboxylic acids is 1. The highest BCUT2D eigenvalue weighted by molar-refractivity contribution is 5.94. The second-order valence-corrected chi connectivity index (χ2v) is 5.76. The molecular weight excluding hydrogens is 276 g/mol. The van der Waals surface area contributed by atoms with Gasteiger partial charge in [-0.25, -0.2) is 4.98 Å². The standard InChI is InChI=1S/C18H20N2O2/c1-13-6-8-15(9-7-13)18(21)20-11-10-16(12-20)22-17-5-3-4-14(2)19-17/h3-9,16H,10-12H2,1-2H3. The fourth-order valence-electron chi connectivity index (χ4n) is 2.64. The summed E-state index contributed by atoms with van der Waals surface area (Å²) in [6.07, 6.45) is 0.858. The predicted molar refractivity (Wildman–Crippen MR) is 85.1 cm³/mol. The molecule has 1 aromatic carbocycles. The lowest BCUT2D eigenvalue weighted by molar-refractivity contribution is 0.0771. The molecule has 4 nitrogen and oxygen atoms in total. The summed E-state index contributed by atoms with van der Waals surface area (Å²) in [7, 11) is 0. The number of pyridine rings is 1. The first kappa shape index (κ1) is 14.6. The number of likely N-dealkylation sites (tertiary alicyclic amines) is 1. The van der Waals surface area contributed by atoms with E-state index in [0.717, 1.165) is 29.8 Å². The third-order valence-corrected chi connectivity index (χ3v) is 3.88. The maximum absolute atomic E-state index is 12.5. The van der Waals surface area contributed by atoms with Crippen LogP contribution in [0.15, 0.2) is 42.5 Å². The molecule has 1 aliphatic rings. The van der Waals surface area contributed by atoms with Gasteiger partial charge in [-0.15, -0.1) is 0 Å². The molecule has 1 unspecified atom stereocenters. The summed E-state index contributed by atoms with van der Waals surface area (Å²) in [5.41, 5.74) is 2.83. The number of rotatable bonds is 3. The van der Waals surface area contributed by atoms with Crippen LogP contribution in [0.3, 0.4) is 0 Å². The third kappa shape index (κ3) is 3.27. The second-order valence-electron chi connectivity index (χ2n) is 5.76. The van der Waals surface area contributed by atoms with Crippen LogP contribution in [0, 0.1) is 13.8 Å². The van der Waals surface area contributed by atoms with Gasteiger partial charge in [-0.3, -0.25) is 4.79 Å². The van der Waals surface area contributed by atoms with Crippen molar-refractivity contribution in [3.05, 3.63) is 59.3 Å². The van der Waals surface area contributed by atoms with Crippen molar-refractivity contribution in [3.8, 4) is 5.88 Å². The zero-order valence-corrected chi connectivity index (χ0v) is 13.0. The van der Waals surface area contributed by atoms with Crippen molar-refractivity contribution in [2.24, 2.45) is 0 Å². The number of aryl methyl sites for hydroxylation is 2. The van der Waals surface area contributed by atoms with E-state index >= 15 is 0 Å². The molecule has 114 valence electrons. The number of hydrogen-bond acceptors (Lipinski definition) is 3. The van der Waals surface area contributed by atoms with Crippen molar-refractivity contribution in [1.82, 2.24) is 9.88 Å². The van der Waals surface area contributed by atoms with Crippen LogP contribution in [0.25, 0.3) is 0 Å². The molecule has 0 N–H and O–H groups in total. The van der Waals surface area contributed by atoms with Crippen molar-refractivity contribution in [2.45, 2.75) is 26.4 Å². The molecule has 0 spiro atoms. The zero-order chi connectivity index (χ0) is 15.5. The average Bonchev–Trinajstić information content (AvgIpc) is 2.96. The summed E-state index contributed by atoms with van der Waals surface area (Å²) < 4.78 is 5.89. The lowest BCUT2D eigenvalue weighted by Gasteiger charge is -2.17. The van der Waals surface area contributed by atoms with E-state index in [1.807, 2.05) is 61.2 Å². The summed E-state index contributed by atoms with van der Waals surface area (Å²) in [4.78, 5) is 18.7. The molecule has 2 heterocycles. The minimum Gasteiger partial charge on any atom is -0.472 e. The molecule has 0 aliphatic carbocycles. The van der Waals surface area contributed by atoms with Crippen molar-refractivity contribution >= 4 is 5.91 Å². The molecule has 1 saturated heterocycles. The van der Waals surface area contributed by atoms with E-state index in [4.69, 9.17) is 4.74 Å². The average molecular weight is 296 g/mol. The maximum Gasteiger partial charge on any atom is 0.253 e. The Morgan fingerprint density at radius 3 is 2.68 bits per heavy atom. The van der Waals surface area contributed by atoms with Gasteiger partial charge in [0.05, 0.1) is 6.54 Å². The van der Waals surface area contributed by atoms with E-state index in [2.05, 4.69) is 4.98 Å². The van der Waals surface area contributed by atoms with Gasteiger partial charge in [-0.05, 0) is 32.0 Å². The summed E-state index contributed by atoms with van der Waals surface area (Å²) in [6.45, 7) is 5.29. The summed E-state index contributed by atoms with van der Waals surface area (Å²) in [5, 5.41) is 0. The van der Waals surface area contributed by atoms with Crippen LogP contribution >= 0.6 is 0 Å². The molecule has 3 rings (SSSR count). The maximum atomic E-state index is 12.5. The van der Waals surface area contributed by atoms with Crippen molar-refractivity contribution in [1.29, 1.82) is 0 Å². The number of ether oxygens (including phenoxy) is 1. The highest BCUT2D eigenvalue weighted by Crippen LogP contribution is 2.19. The Labute approximate surface area is 130 Å². The summed E-state index contributed by atoms with van der Waals surface area (Å²) in [5.74, 6) is 0.706. The third-order valence-electron chi connectivity index (χ3n) is 3.88. The molecule has 4 heteroatoms. The molecule has 1 aromatic heterocycles. The molecule has 1 atom stereocenters. The van der Waals surface area contributed by atoms with Crippen LogP contribution in [0.4, 0.5) is 0 Å². The summed E-state index contributed by atoms with van der Waals surface area (Å²) >= 11 is 0. The van der Waals surface area contributed by atoms with Gasteiger partial charge in [0.2, 0.25) is 5.88 Å². The molecule has 1 amide bonds. The van der Waals surface area contributed by atoms with Crippen LogP contribution in [0.1, 0.15) is 28.0 Å². The number of aromatic nitrogens is 1. The molecule has 0 bridgehead atoms. The van der Waals surface area contributed by atoms with Crippen LogP contribution in [0.5, 0.6) is 5.88 Å². The fraction of sp³-hybridized carbons (Fsp3) is 0.333. The van der Waals surface area contributed by atoms with Crippen LogP contribution in [-0.4, -0.2) is 35.0 Å². The highest BCUT2D eigenvalue weighted by atomic mass is 16.5. The van der Waals surface area contributed by atoms with E-state index in [1.54, 1.807) is 0 Å². The molecule has 2 aromatic rings. The van der Waals surface area contributed by atoms with Gasteiger partial charge in [0.15, 0.2) is 0 Å². The lowest BCUT2D eigenvalue weighted by atomic mass is 10.1. The molecular formula is C18H20N2O2. The molecule has 0 saturated carbocycles. The van der Waals surface area contributed by atoms with Crippen molar-refractivity contribution in [2.75, 3.05) is 13.1 Å². The number of benzene rings is 1. The highest BCUT2D eigenvalue weighted by Gasteiger charge is 2.28. The van der Waals surface area contributed by atoms with Gasteiger partial charge < -0.3 is 9.64 Å². The Bertz CT molecular complexity index is 667. The number of hydrogen-bond donors (Lipinski definition) is 0. The van der Waals surface area contributed by atoms with Gasteiger partial charge in [0.1, 0.15) is 6.10 Å². The van der Waals surface area contributed by atoms with Gasteiger partial charge in [-0.1, -0.05) is 23.8 Å². The molecule has 1 fully saturated rings. The zero-order valence-electron chi connectivity index (χ0n) is 13.0. The van der Waals surface area contributed by atoms with Crippen LogP contribution in [0.2, 0.25) is 0 Å². The Balaban J connectivity index is 1.62. The molecule has 22 heavy (non-hydrogen) atoms. The van der Waals surface area contributed by atoms with Crippen LogP contribution < -0.4 is 4.74 Å². The quantitative estimate of drug-likeness (QED) is 0.874. The summed E-state index contributed by atoms with van der Waals surface area (Å²) in [6, 6.07) is 13.4. The van der Waals surface area contributed by atoms with Gasteiger partial charge in [0.25, 0.3) is 5.91 Å². The topological polar surface area (TPSA) is 42.4 Å². The largest absolute Gasteiger partial charge is 0.472 e. The van der Waals surface area contributed by atoms with Crippen molar-refractivity contribution < 1.29 is 9.53 Å². The Hall–Kier alpha value is -2.36. The fourth-order valence-corrected chi connectivity index (χ4v) is 2.64.